The van der Waals surface area contributed by atoms with Crippen molar-refractivity contribution in [2.24, 2.45) is 0 Å². The number of nitrogens with zero attached hydrogens (tertiary/aromatic N) is 1. The van der Waals surface area contributed by atoms with Gasteiger partial charge in [-0.1, -0.05) is 46.3 Å². The average Bonchev–Trinajstić information content (AvgIpc) is 2.51. The number of nitrogens with one attached hydrogen (secondary N) is 1. The summed E-state index contributed by atoms with van der Waals surface area (Å²) in [7, 11) is 2.21. The Hall–Kier alpha value is -1.16. The fraction of sp³-hybridized carbons (Fsp3) is 0.368. The first kappa shape index (κ1) is 15.7. The molecule has 2 aromatic carbocycles. The zero-order valence-electron chi connectivity index (χ0n) is 13.3. The highest BCUT2D eigenvalue weighted by Gasteiger charge is 2.13. The van der Waals surface area contributed by atoms with Gasteiger partial charge in [-0.05, 0) is 60.8 Å². The largest absolute Gasteiger partial charge is 0.312 e. The van der Waals surface area contributed by atoms with Crippen LogP contribution in [-0.4, -0.2) is 18.5 Å². The normalized spacial score (nSPS) is 14.2. The standard InChI is InChI=1S/C19H23BrN2/c1-14-10-15(6-7-19(14)20)12-22(2)13-17-5-3-4-16-11-21-9-8-18(16)17/h3-7,10,21H,8-9,11-13H2,1-2H3. The summed E-state index contributed by atoms with van der Waals surface area (Å²) in [4.78, 5) is 2.40. The van der Waals surface area contributed by atoms with Crippen LogP contribution < -0.4 is 5.32 Å². The van der Waals surface area contributed by atoms with Gasteiger partial charge in [0.25, 0.3) is 0 Å². The van der Waals surface area contributed by atoms with Crippen LogP contribution >= 0.6 is 15.9 Å². The molecule has 0 saturated carbocycles. The van der Waals surface area contributed by atoms with E-state index in [0.717, 1.165) is 32.6 Å². The Labute approximate surface area is 141 Å². The van der Waals surface area contributed by atoms with Crippen molar-refractivity contribution < 1.29 is 0 Å². The first-order chi connectivity index (χ1) is 10.6. The van der Waals surface area contributed by atoms with Gasteiger partial charge in [-0.15, -0.1) is 0 Å². The molecule has 2 aromatic rings. The van der Waals surface area contributed by atoms with Gasteiger partial charge in [0.1, 0.15) is 0 Å². The molecule has 116 valence electrons. The molecule has 0 aromatic heterocycles. The smallest absolute Gasteiger partial charge is 0.0237 e. The molecule has 1 N–H and O–H groups in total. The van der Waals surface area contributed by atoms with Crippen LogP contribution in [0.4, 0.5) is 0 Å². The van der Waals surface area contributed by atoms with Crippen molar-refractivity contribution >= 4 is 15.9 Å². The molecule has 0 radical (unpaired) electrons. The minimum absolute atomic E-state index is 0.982. The molecule has 0 bridgehead atoms. The van der Waals surface area contributed by atoms with Crippen molar-refractivity contribution in [3.8, 4) is 0 Å². The molecule has 2 nitrogen and oxygen atoms in total. The predicted molar refractivity (Wildman–Crippen MR) is 95.9 cm³/mol. The summed E-state index contributed by atoms with van der Waals surface area (Å²) in [6.45, 7) is 6.25. The van der Waals surface area contributed by atoms with Crippen LogP contribution in [0.5, 0.6) is 0 Å². The van der Waals surface area contributed by atoms with Crippen LogP contribution in [-0.2, 0) is 26.1 Å². The Bertz CT molecular complexity index is 666. The van der Waals surface area contributed by atoms with E-state index in [-0.39, 0.29) is 0 Å². The molecule has 0 amide bonds. The molecular formula is C19H23BrN2. The van der Waals surface area contributed by atoms with Gasteiger partial charge in [-0.3, -0.25) is 4.90 Å². The van der Waals surface area contributed by atoms with Gasteiger partial charge in [0.15, 0.2) is 0 Å². The lowest BCUT2D eigenvalue weighted by Crippen LogP contribution is -2.26. The maximum atomic E-state index is 3.57. The summed E-state index contributed by atoms with van der Waals surface area (Å²) < 4.78 is 1.18. The Morgan fingerprint density at radius 2 is 2.05 bits per heavy atom. The third-order valence-corrected chi connectivity index (χ3v) is 5.24. The highest BCUT2D eigenvalue weighted by Crippen LogP contribution is 2.21. The molecule has 0 spiro atoms. The van der Waals surface area contributed by atoms with E-state index < -0.39 is 0 Å². The molecular weight excluding hydrogens is 336 g/mol. The van der Waals surface area contributed by atoms with E-state index in [1.165, 1.54) is 26.7 Å². The molecule has 1 aliphatic rings. The first-order valence-electron chi connectivity index (χ1n) is 7.87. The van der Waals surface area contributed by atoms with Gasteiger partial charge < -0.3 is 5.32 Å². The second kappa shape index (κ2) is 6.95. The van der Waals surface area contributed by atoms with Crippen molar-refractivity contribution in [1.82, 2.24) is 10.2 Å². The Morgan fingerprint density at radius 3 is 2.86 bits per heavy atom. The molecule has 0 fully saturated rings. The summed E-state index contributed by atoms with van der Waals surface area (Å²) in [5.74, 6) is 0. The minimum Gasteiger partial charge on any atom is -0.312 e. The second-order valence-electron chi connectivity index (χ2n) is 6.24. The molecule has 0 atom stereocenters. The lowest BCUT2D eigenvalue weighted by Gasteiger charge is -2.24. The van der Waals surface area contributed by atoms with E-state index in [1.54, 1.807) is 5.56 Å². The van der Waals surface area contributed by atoms with Crippen molar-refractivity contribution in [3.05, 3.63) is 68.7 Å². The maximum absolute atomic E-state index is 3.57. The molecule has 0 unspecified atom stereocenters. The van der Waals surface area contributed by atoms with Crippen molar-refractivity contribution in [3.63, 3.8) is 0 Å². The van der Waals surface area contributed by atoms with Gasteiger partial charge in [-0.2, -0.15) is 0 Å². The van der Waals surface area contributed by atoms with Crippen LogP contribution in [0.25, 0.3) is 0 Å². The Kier molecular flexibility index (Phi) is 4.97. The summed E-state index contributed by atoms with van der Waals surface area (Å²) >= 11 is 3.57. The number of hydrogen-bond donors (Lipinski definition) is 1. The molecule has 1 aliphatic heterocycles. The third kappa shape index (κ3) is 3.60. The van der Waals surface area contributed by atoms with Crippen molar-refractivity contribution in [2.45, 2.75) is 33.0 Å². The topological polar surface area (TPSA) is 15.3 Å². The average molecular weight is 359 g/mol. The van der Waals surface area contributed by atoms with Crippen LogP contribution in [0.15, 0.2) is 40.9 Å². The van der Waals surface area contributed by atoms with E-state index in [4.69, 9.17) is 0 Å². The highest BCUT2D eigenvalue weighted by atomic mass is 79.9. The zero-order valence-corrected chi connectivity index (χ0v) is 14.9. The molecule has 0 aliphatic carbocycles. The van der Waals surface area contributed by atoms with E-state index >= 15 is 0 Å². The minimum atomic E-state index is 0.982. The van der Waals surface area contributed by atoms with E-state index in [1.807, 2.05) is 0 Å². The van der Waals surface area contributed by atoms with Gasteiger partial charge >= 0.3 is 0 Å². The fourth-order valence-electron chi connectivity index (χ4n) is 3.22. The molecule has 0 saturated heterocycles. The van der Waals surface area contributed by atoms with Crippen LogP contribution in [0.3, 0.4) is 0 Å². The van der Waals surface area contributed by atoms with E-state index in [9.17, 15) is 0 Å². The summed E-state index contributed by atoms with van der Waals surface area (Å²) in [6.07, 6.45) is 1.15. The number of fused-ring (bicyclic) bond motifs is 1. The predicted octanol–water partition coefficient (Wildman–Crippen LogP) is 4.04. The molecule has 22 heavy (non-hydrogen) atoms. The van der Waals surface area contributed by atoms with Gasteiger partial charge in [0.05, 0.1) is 0 Å². The number of rotatable bonds is 4. The third-order valence-electron chi connectivity index (χ3n) is 4.35. The Morgan fingerprint density at radius 1 is 1.18 bits per heavy atom. The fourth-order valence-corrected chi connectivity index (χ4v) is 3.47. The number of hydrogen-bond acceptors (Lipinski definition) is 2. The lowest BCUT2D eigenvalue weighted by molar-refractivity contribution is 0.317. The summed E-state index contributed by atoms with van der Waals surface area (Å²) in [5.41, 5.74) is 7.18. The maximum Gasteiger partial charge on any atom is 0.0237 e. The van der Waals surface area contributed by atoms with Crippen molar-refractivity contribution in [1.29, 1.82) is 0 Å². The molecule has 1 heterocycles. The van der Waals surface area contributed by atoms with Crippen LogP contribution in [0, 0.1) is 6.92 Å². The second-order valence-corrected chi connectivity index (χ2v) is 7.09. The van der Waals surface area contributed by atoms with Crippen LogP contribution in [0.2, 0.25) is 0 Å². The van der Waals surface area contributed by atoms with Crippen LogP contribution in [0.1, 0.15) is 27.8 Å². The van der Waals surface area contributed by atoms with Gasteiger partial charge in [-0.25, -0.2) is 0 Å². The molecule has 3 rings (SSSR count). The number of benzene rings is 2. The number of aryl methyl sites for hydroxylation is 1. The van der Waals surface area contributed by atoms with Crippen molar-refractivity contribution in [2.75, 3.05) is 13.6 Å². The summed E-state index contributed by atoms with van der Waals surface area (Å²) in [5, 5.41) is 3.45. The van der Waals surface area contributed by atoms with Gasteiger partial charge in [0.2, 0.25) is 0 Å². The quantitative estimate of drug-likeness (QED) is 0.887. The monoisotopic (exact) mass is 358 g/mol. The Balaban J connectivity index is 1.71. The molecule has 3 heteroatoms. The highest BCUT2D eigenvalue weighted by molar-refractivity contribution is 9.10. The first-order valence-corrected chi connectivity index (χ1v) is 8.67. The lowest BCUT2D eigenvalue weighted by atomic mass is 9.95. The SMILES string of the molecule is Cc1cc(CN(C)Cc2cccc3c2CCNC3)ccc1Br. The number of halogens is 1. The summed E-state index contributed by atoms with van der Waals surface area (Å²) in [6, 6.07) is 13.4. The zero-order chi connectivity index (χ0) is 15.5. The van der Waals surface area contributed by atoms with E-state index in [2.05, 4.69) is 76.5 Å². The van der Waals surface area contributed by atoms with E-state index in [0.29, 0.717) is 0 Å². The van der Waals surface area contributed by atoms with Gasteiger partial charge in [0, 0.05) is 24.1 Å².